The minimum absolute atomic E-state index is 0.225. The summed E-state index contributed by atoms with van der Waals surface area (Å²) < 4.78 is 29.2. The number of amides is 1. The van der Waals surface area contributed by atoms with Gasteiger partial charge in [0.25, 0.3) is 5.91 Å². The van der Waals surface area contributed by atoms with E-state index >= 15 is 0 Å². The number of ether oxygens (including phenoxy) is 1. The summed E-state index contributed by atoms with van der Waals surface area (Å²) in [5, 5.41) is 5.00. The first kappa shape index (κ1) is 20.9. The summed E-state index contributed by atoms with van der Waals surface area (Å²) in [7, 11) is -3.25. The standard InChI is InChI=1S/C23H25NO4S/c1-4-21(18-12-14-19(15-13-18)29(3,26)27)24-23(25)16(2)28-22-11-7-9-17-8-5-6-10-20(17)22/h5-16,21H,4H2,1-3H3,(H,24,25)/t16-,21-/m0/s1. The van der Waals surface area contributed by atoms with Gasteiger partial charge in [0.2, 0.25) is 0 Å². The topological polar surface area (TPSA) is 72.5 Å². The van der Waals surface area contributed by atoms with Crippen LogP contribution in [-0.4, -0.2) is 26.7 Å². The van der Waals surface area contributed by atoms with Crippen molar-refractivity contribution in [3.63, 3.8) is 0 Å². The van der Waals surface area contributed by atoms with Crippen molar-refractivity contribution in [3.05, 3.63) is 72.3 Å². The molecule has 0 aliphatic rings. The number of benzene rings is 3. The van der Waals surface area contributed by atoms with E-state index in [-0.39, 0.29) is 16.8 Å². The molecule has 0 saturated heterocycles. The molecule has 29 heavy (non-hydrogen) atoms. The Labute approximate surface area is 171 Å². The predicted octanol–water partition coefficient (Wildman–Crippen LogP) is 4.28. The molecular weight excluding hydrogens is 386 g/mol. The summed E-state index contributed by atoms with van der Waals surface area (Å²) in [6, 6.07) is 20.0. The van der Waals surface area contributed by atoms with Crippen molar-refractivity contribution in [2.45, 2.75) is 37.3 Å². The molecule has 2 atom stereocenters. The number of sulfone groups is 1. The van der Waals surface area contributed by atoms with Gasteiger partial charge in [0.15, 0.2) is 15.9 Å². The fourth-order valence-electron chi connectivity index (χ4n) is 3.20. The summed E-state index contributed by atoms with van der Waals surface area (Å²) in [4.78, 5) is 13.0. The third-order valence-electron chi connectivity index (χ3n) is 4.86. The fourth-order valence-corrected chi connectivity index (χ4v) is 3.83. The van der Waals surface area contributed by atoms with E-state index in [1.807, 2.05) is 49.4 Å². The van der Waals surface area contributed by atoms with Crippen LogP contribution in [-0.2, 0) is 14.6 Å². The molecule has 5 nitrogen and oxygen atoms in total. The highest BCUT2D eigenvalue weighted by Crippen LogP contribution is 2.26. The number of nitrogens with one attached hydrogen (secondary N) is 1. The molecular formula is C23H25NO4S. The highest BCUT2D eigenvalue weighted by atomic mass is 32.2. The van der Waals surface area contributed by atoms with Gasteiger partial charge in [0.05, 0.1) is 10.9 Å². The lowest BCUT2D eigenvalue weighted by atomic mass is 10.0. The quantitative estimate of drug-likeness (QED) is 0.630. The van der Waals surface area contributed by atoms with Gasteiger partial charge in [-0.1, -0.05) is 55.5 Å². The molecule has 3 aromatic carbocycles. The Hall–Kier alpha value is -2.86. The van der Waals surface area contributed by atoms with Crippen molar-refractivity contribution in [1.29, 1.82) is 0 Å². The first-order valence-corrected chi connectivity index (χ1v) is 11.4. The lowest BCUT2D eigenvalue weighted by molar-refractivity contribution is -0.128. The van der Waals surface area contributed by atoms with Crippen molar-refractivity contribution < 1.29 is 17.9 Å². The number of carbonyl (C=O) groups excluding carboxylic acids is 1. The van der Waals surface area contributed by atoms with Crippen LogP contribution in [0.25, 0.3) is 10.8 Å². The van der Waals surface area contributed by atoms with E-state index in [9.17, 15) is 13.2 Å². The highest BCUT2D eigenvalue weighted by molar-refractivity contribution is 7.90. The van der Waals surface area contributed by atoms with Crippen molar-refractivity contribution in [1.82, 2.24) is 5.32 Å². The number of fused-ring (bicyclic) bond motifs is 1. The Bertz CT molecular complexity index is 1100. The van der Waals surface area contributed by atoms with Crippen LogP contribution in [0.1, 0.15) is 31.9 Å². The fraction of sp³-hybridized carbons (Fsp3) is 0.261. The Morgan fingerprint density at radius 2 is 1.66 bits per heavy atom. The second kappa shape index (κ2) is 8.66. The lowest BCUT2D eigenvalue weighted by Crippen LogP contribution is -2.38. The van der Waals surface area contributed by atoms with Gasteiger partial charge in [-0.25, -0.2) is 8.42 Å². The highest BCUT2D eigenvalue weighted by Gasteiger charge is 2.20. The van der Waals surface area contributed by atoms with Crippen molar-refractivity contribution in [3.8, 4) is 5.75 Å². The average Bonchev–Trinajstić information content (AvgIpc) is 2.71. The Balaban J connectivity index is 1.72. The van der Waals surface area contributed by atoms with Crippen LogP contribution in [0.4, 0.5) is 0 Å². The maximum absolute atomic E-state index is 12.7. The SMILES string of the molecule is CC[C@H](NC(=O)[C@H](C)Oc1cccc2ccccc12)c1ccc(S(C)(=O)=O)cc1. The average molecular weight is 412 g/mol. The summed E-state index contributed by atoms with van der Waals surface area (Å²) >= 11 is 0. The molecule has 0 unspecified atom stereocenters. The van der Waals surface area contributed by atoms with Gasteiger partial charge in [-0.3, -0.25) is 4.79 Å². The van der Waals surface area contributed by atoms with E-state index in [1.54, 1.807) is 31.2 Å². The number of rotatable bonds is 7. The molecule has 0 radical (unpaired) electrons. The van der Waals surface area contributed by atoms with E-state index in [0.29, 0.717) is 12.2 Å². The van der Waals surface area contributed by atoms with Crippen LogP contribution in [0, 0.1) is 0 Å². The van der Waals surface area contributed by atoms with Crippen LogP contribution in [0.3, 0.4) is 0 Å². The van der Waals surface area contributed by atoms with Gasteiger partial charge < -0.3 is 10.1 Å². The molecule has 3 rings (SSSR count). The summed E-state index contributed by atoms with van der Waals surface area (Å²) in [5.74, 6) is 0.438. The van der Waals surface area contributed by atoms with Gasteiger partial charge in [0, 0.05) is 11.6 Å². The monoisotopic (exact) mass is 411 g/mol. The molecule has 0 spiro atoms. The third kappa shape index (κ3) is 4.95. The third-order valence-corrected chi connectivity index (χ3v) is 5.99. The molecule has 1 amide bonds. The van der Waals surface area contributed by atoms with Crippen LogP contribution in [0.2, 0.25) is 0 Å². The molecule has 0 fully saturated rings. The number of hydrogen-bond acceptors (Lipinski definition) is 4. The van der Waals surface area contributed by atoms with Gasteiger partial charge in [-0.05, 0) is 42.5 Å². The predicted molar refractivity (Wildman–Crippen MR) is 115 cm³/mol. The van der Waals surface area contributed by atoms with Gasteiger partial charge >= 0.3 is 0 Å². The maximum atomic E-state index is 12.7. The molecule has 3 aromatic rings. The first-order chi connectivity index (χ1) is 13.8. The maximum Gasteiger partial charge on any atom is 0.261 e. The summed E-state index contributed by atoms with van der Waals surface area (Å²) in [6.45, 7) is 3.68. The van der Waals surface area contributed by atoms with Gasteiger partial charge in [0.1, 0.15) is 5.75 Å². The van der Waals surface area contributed by atoms with E-state index < -0.39 is 15.9 Å². The first-order valence-electron chi connectivity index (χ1n) is 9.54. The number of hydrogen-bond donors (Lipinski definition) is 1. The Morgan fingerprint density at radius 3 is 2.31 bits per heavy atom. The summed E-state index contributed by atoms with van der Waals surface area (Å²) in [5.41, 5.74) is 0.852. The molecule has 0 aliphatic carbocycles. The molecule has 0 aromatic heterocycles. The normalized spacial score (nSPS) is 13.6. The van der Waals surface area contributed by atoms with Crippen molar-refractivity contribution in [2.75, 3.05) is 6.26 Å². The second-order valence-corrected chi connectivity index (χ2v) is 9.06. The van der Waals surface area contributed by atoms with Crippen LogP contribution in [0.15, 0.2) is 71.6 Å². The number of carbonyl (C=O) groups is 1. The minimum atomic E-state index is -3.25. The minimum Gasteiger partial charge on any atom is -0.480 e. The van der Waals surface area contributed by atoms with Gasteiger partial charge in [-0.2, -0.15) is 0 Å². The molecule has 0 aliphatic heterocycles. The second-order valence-electron chi connectivity index (χ2n) is 7.05. The molecule has 0 heterocycles. The van der Waals surface area contributed by atoms with E-state index in [1.165, 1.54) is 6.26 Å². The van der Waals surface area contributed by atoms with E-state index in [4.69, 9.17) is 4.74 Å². The zero-order valence-corrected chi connectivity index (χ0v) is 17.6. The van der Waals surface area contributed by atoms with Crippen molar-refractivity contribution >= 4 is 26.5 Å². The van der Waals surface area contributed by atoms with Gasteiger partial charge in [-0.15, -0.1) is 0 Å². The van der Waals surface area contributed by atoms with Crippen LogP contribution in [0.5, 0.6) is 5.75 Å². The summed E-state index contributed by atoms with van der Waals surface area (Å²) in [6.07, 6.45) is 1.17. The molecule has 0 bridgehead atoms. The Kier molecular flexibility index (Phi) is 6.23. The Morgan fingerprint density at radius 1 is 1.00 bits per heavy atom. The zero-order chi connectivity index (χ0) is 21.0. The largest absolute Gasteiger partial charge is 0.480 e. The van der Waals surface area contributed by atoms with Crippen LogP contribution < -0.4 is 10.1 Å². The van der Waals surface area contributed by atoms with E-state index in [0.717, 1.165) is 16.3 Å². The molecule has 152 valence electrons. The lowest BCUT2D eigenvalue weighted by Gasteiger charge is -2.21. The molecule has 0 saturated carbocycles. The van der Waals surface area contributed by atoms with Crippen LogP contribution >= 0.6 is 0 Å². The molecule has 1 N–H and O–H groups in total. The van der Waals surface area contributed by atoms with E-state index in [2.05, 4.69) is 5.32 Å². The van der Waals surface area contributed by atoms with Crippen molar-refractivity contribution in [2.24, 2.45) is 0 Å². The zero-order valence-electron chi connectivity index (χ0n) is 16.8. The molecule has 6 heteroatoms. The smallest absolute Gasteiger partial charge is 0.261 e.